The van der Waals surface area contributed by atoms with Crippen LogP contribution < -0.4 is 4.90 Å². The van der Waals surface area contributed by atoms with Gasteiger partial charge in [-0.3, -0.25) is 0 Å². The van der Waals surface area contributed by atoms with Crippen LogP contribution in [0.25, 0.3) is 86.3 Å². The van der Waals surface area contributed by atoms with Gasteiger partial charge >= 0.3 is 0 Å². The third-order valence-corrected chi connectivity index (χ3v) is 12.0. The fourth-order valence-electron chi connectivity index (χ4n) is 8.30. The molecule has 258 valence electrons. The van der Waals surface area contributed by atoms with Crippen molar-refractivity contribution in [2.45, 2.75) is 0 Å². The van der Waals surface area contributed by atoms with E-state index in [1.807, 2.05) is 17.4 Å². The maximum absolute atomic E-state index is 6.63. The fraction of sp³-hybridized carbons (Fsp3) is 0. The standard InChI is InChI=1S/C52H33NOS/c1-3-14-34(15-4-1)36-30-37(41-22-13-23-46-44-20-9-11-24-49(44)54-52(41)46)32-39(31-36)53(38-26-29-51-47(33-38)45-21-10-12-25-50(45)55-51)48-28-27-40(35-16-5-2-6-17-35)42-18-7-8-19-43(42)48/h1-33H. The molecule has 2 nitrogen and oxygen atoms in total. The van der Waals surface area contributed by atoms with Gasteiger partial charge in [0.1, 0.15) is 11.2 Å². The summed E-state index contributed by atoms with van der Waals surface area (Å²) in [4.78, 5) is 2.46. The molecule has 3 heteroatoms. The van der Waals surface area contributed by atoms with Crippen LogP contribution in [0.4, 0.5) is 17.1 Å². The van der Waals surface area contributed by atoms with Crippen molar-refractivity contribution < 1.29 is 4.42 Å². The van der Waals surface area contributed by atoms with Crippen molar-refractivity contribution in [3.05, 3.63) is 200 Å². The largest absolute Gasteiger partial charge is 0.455 e. The average molecular weight is 720 g/mol. The smallest absolute Gasteiger partial charge is 0.143 e. The van der Waals surface area contributed by atoms with Gasteiger partial charge in [-0.25, -0.2) is 0 Å². The van der Waals surface area contributed by atoms with Gasteiger partial charge in [0.05, 0.1) is 5.69 Å². The Morgan fingerprint density at radius 2 is 1.00 bits per heavy atom. The second-order valence-corrected chi connectivity index (χ2v) is 15.2. The molecule has 0 spiro atoms. The Morgan fingerprint density at radius 3 is 1.84 bits per heavy atom. The highest BCUT2D eigenvalue weighted by Gasteiger charge is 2.21. The van der Waals surface area contributed by atoms with E-state index in [1.165, 1.54) is 42.1 Å². The monoisotopic (exact) mass is 719 g/mol. The molecular weight excluding hydrogens is 687 g/mol. The van der Waals surface area contributed by atoms with Crippen LogP contribution in [-0.2, 0) is 0 Å². The highest BCUT2D eigenvalue weighted by molar-refractivity contribution is 7.25. The van der Waals surface area contributed by atoms with E-state index in [2.05, 4.69) is 199 Å². The molecule has 2 heterocycles. The van der Waals surface area contributed by atoms with Crippen LogP contribution in [0.2, 0.25) is 0 Å². The van der Waals surface area contributed by atoms with Crippen molar-refractivity contribution in [2.24, 2.45) is 0 Å². The number of fused-ring (bicyclic) bond motifs is 7. The summed E-state index contributed by atoms with van der Waals surface area (Å²) in [6.07, 6.45) is 0. The van der Waals surface area contributed by atoms with E-state index in [9.17, 15) is 0 Å². The Labute approximate surface area is 322 Å². The number of hydrogen-bond acceptors (Lipinski definition) is 3. The zero-order chi connectivity index (χ0) is 36.3. The second kappa shape index (κ2) is 12.9. The molecule has 11 aromatic rings. The van der Waals surface area contributed by atoms with E-state index >= 15 is 0 Å². The highest BCUT2D eigenvalue weighted by Crippen LogP contribution is 2.47. The topological polar surface area (TPSA) is 16.4 Å². The molecule has 0 aliphatic rings. The van der Waals surface area contributed by atoms with Gasteiger partial charge in [-0.1, -0.05) is 146 Å². The van der Waals surface area contributed by atoms with E-state index in [4.69, 9.17) is 4.42 Å². The number of benzene rings is 9. The number of anilines is 3. The van der Waals surface area contributed by atoms with Crippen LogP contribution in [0.1, 0.15) is 0 Å². The minimum atomic E-state index is 0.896. The van der Waals surface area contributed by atoms with Gasteiger partial charge in [-0.05, 0) is 87.8 Å². The molecular formula is C52H33NOS. The van der Waals surface area contributed by atoms with Crippen molar-refractivity contribution in [3.8, 4) is 33.4 Å². The zero-order valence-corrected chi connectivity index (χ0v) is 30.6. The molecule has 0 amide bonds. The van der Waals surface area contributed by atoms with Gasteiger partial charge in [0.25, 0.3) is 0 Å². The molecule has 9 aromatic carbocycles. The summed E-state index contributed by atoms with van der Waals surface area (Å²) in [5, 5.41) is 7.19. The average Bonchev–Trinajstić information content (AvgIpc) is 3.83. The number of para-hydroxylation sites is 2. The molecule has 11 rings (SSSR count). The summed E-state index contributed by atoms with van der Waals surface area (Å²) in [5.74, 6) is 0. The molecule has 55 heavy (non-hydrogen) atoms. The number of nitrogens with zero attached hydrogens (tertiary/aromatic N) is 1. The van der Waals surface area contributed by atoms with E-state index < -0.39 is 0 Å². The van der Waals surface area contributed by atoms with Gasteiger partial charge in [-0.15, -0.1) is 11.3 Å². The Bertz CT molecular complexity index is 3210. The third-order valence-electron chi connectivity index (χ3n) is 10.8. The van der Waals surface area contributed by atoms with Gasteiger partial charge in [0.2, 0.25) is 0 Å². The number of thiophene rings is 1. The summed E-state index contributed by atoms with van der Waals surface area (Å²) in [7, 11) is 0. The minimum Gasteiger partial charge on any atom is -0.455 e. The highest BCUT2D eigenvalue weighted by atomic mass is 32.1. The number of furan rings is 1. The molecule has 0 saturated carbocycles. The van der Waals surface area contributed by atoms with Gasteiger partial charge < -0.3 is 9.32 Å². The Balaban J connectivity index is 1.21. The molecule has 0 bridgehead atoms. The van der Waals surface area contributed by atoms with Crippen LogP contribution in [0, 0.1) is 0 Å². The van der Waals surface area contributed by atoms with E-state index in [1.54, 1.807) is 0 Å². The fourth-order valence-corrected chi connectivity index (χ4v) is 9.38. The molecule has 0 N–H and O–H groups in total. The Hall–Kier alpha value is -6.94. The van der Waals surface area contributed by atoms with Gasteiger partial charge in [0.15, 0.2) is 0 Å². The quantitative estimate of drug-likeness (QED) is 0.170. The molecule has 0 saturated heterocycles. The summed E-state index contributed by atoms with van der Waals surface area (Å²) >= 11 is 1.85. The number of hydrogen-bond donors (Lipinski definition) is 0. The van der Waals surface area contributed by atoms with Crippen LogP contribution in [0.5, 0.6) is 0 Å². The molecule has 0 unspecified atom stereocenters. The maximum atomic E-state index is 6.63. The van der Waals surface area contributed by atoms with E-state index in [0.29, 0.717) is 0 Å². The normalized spacial score (nSPS) is 11.6. The van der Waals surface area contributed by atoms with Crippen molar-refractivity contribution in [1.29, 1.82) is 0 Å². The van der Waals surface area contributed by atoms with Crippen molar-refractivity contribution in [3.63, 3.8) is 0 Å². The summed E-state index contributed by atoms with van der Waals surface area (Å²) < 4.78 is 9.21. The molecule has 0 atom stereocenters. The molecule has 0 aliphatic carbocycles. The maximum Gasteiger partial charge on any atom is 0.143 e. The Morgan fingerprint density at radius 1 is 0.345 bits per heavy atom. The molecule has 2 aromatic heterocycles. The van der Waals surface area contributed by atoms with Gasteiger partial charge in [-0.2, -0.15) is 0 Å². The lowest BCUT2D eigenvalue weighted by atomic mass is 9.94. The summed E-state index contributed by atoms with van der Waals surface area (Å²) in [6.45, 7) is 0. The first kappa shape index (κ1) is 31.6. The molecule has 0 fully saturated rings. The zero-order valence-electron chi connectivity index (χ0n) is 29.8. The van der Waals surface area contributed by atoms with Crippen molar-refractivity contribution >= 4 is 81.3 Å². The predicted octanol–water partition coefficient (Wildman–Crippen LogP) is 15.6. The third kappa shape index (κ3) is 5.32. The van der Waals surface area contributed by atoms with E-state index in [0.717, 1.165) is 61.3 Å². The summed E-state index contributed by atoms with van der Waals surface area (Å²) in [5.41, 5.74) is 12.0. The number of rotatable bonds is 6. The summed E-state index contributed by atoms with van der Waals surface area (Å²) in [6, 6.07) is 72.3. The van der Waals surface area contributed by atoms with Crippen molar-refractivity contribution in [2.75, 3.05) is 4.90 Å². The second-order valence-electron chi connectivity index (χ2n) is 14.1. The van der Waals surface area contributed by atoms with Crippen LogP contribution >= 0.6 is 11.3 Å². The van der Waals surface area contributed by atoms with E-state index in [-0.39, 0.29) is 0 Å². The Kier molecular flexibility index (Phi) is 7.39. The lowest BCUT2D eigenvalue weighted by Crippen LogP contribution is -2.11. The SMILES string of the molecule is c1ccc(-c2cc(-c3cccc4c3oc3ccccc34)cc(N(c3ccc4sc5ccccc5c4c3)c3ccc(-c4ccccc4)c4ccccc34)c2)cc1. The van der Waals surface area contributed by atoms with Crippen molar-refractivity contribution in [1.82, 2.24) is 0 Å². The predicted molar refractivity (Wildman–Crippen MR) is 235 cm³/mol. The van der Waals surface area contributed by atoms with Crippen LogP contribution in [-0.4, -0.2) is 0 Å². The first-order chi connectivity index (χ1) is 27.3. The molecule has 0 aliphatic heterocycles. The lowest BCUT2D eigenvalue weighted by Gasteiger charge is -2.29. The molecule has 0 radical (unpaired) electrons. The first-order valence-electron chi connectivity index (χ1n) is 18.7. The van der Waals surface area contributed by atoms with Gasteiger partial charge in [0, 0.05) is 53.3 Å². The first-order valence-corrected chi connectivity index (χ1v) is 19.5. The lowest BCUT2D eigenvalue weighted by molar-refractivity contribution is 0.670. The minimum absolute atomic E-state index is 0.896. The van der Waals surface area contributed by atoms with Crippen LogP contribution in [0.3, 0.4) is 0 Å². The van der Waals surface area contributed by atoms with Crippen LogP contribution in [0.15, 0.2) is 205 Å².